The van der Waals surface area contributed by atoms with Crippen LogP contribution in [0, 0.1) is 5.82 Å². The largest absolute Gasteiger partial charge is 0.354 e. The van der Waals surface area contributed by atoms with Crippen molar-refractivity contribution in [3.8, 4) is 0 Å². The zero-order chi connectivity index (χ0) is 17.8. The number of carbonyl (C=O) groups is 1. The summed E-state index contributed by atoms with van der Waals surface area (Å²) in [5.41, 5.74) is 0.176. The Labute approximate surface area is 150 Å². The van der Waals surface area contributed by atoms with Gasteiger partial charge in [-0.25, -0.2) is 14.4 Å². The van der Waals surface area contributed by atoms with Crippen molar-refractivity contribution in [3.63, 3.8) is 0 Å². The van der Waals surface area contributed by atoms with Gasteiger partial charge in [-0.2, -0.15) is 0 Å². The quantitative estimate of drug-likeness (QED) is 0.902. The number of amides is 1. The molecule has 2 heterocycles. The van der Waals surface area contributed by atoms with E-state index < -0.39 is 5.82 Å². The van der Waals surface area contributed by atoms with Crippen LogP contribution in [-0.4, -0.2) is 54.0 Å². The first-order valence-electron chi connectivity index (χ1n) is 8.01. The van der Waals surface area contributed by atoms with Gasteiger partial charge in [-0.05, 0) is 19.2 Å². The molecule has 1 fully saturated rings. The van der Waals surface area contributed by atoms with E-state index in [1.807, 2.05) is 0 Å². The molecule has 1 N–H and O–H groups in total. The lowest BCUT2D eigenvalue weighted by atomic mass is 10.1. The number of nitrogens with zero attached hydrogens (tertiary/aromatic N) is 4. The van der Waals surface area contributed by atoms with Crippen LogP contribution in [0.2, 0.25) is 5.02 Å². The van der Waals surface area contributed by atoms with Crippen LogP contribution in [0.4, 0.5) is 16.0 Å². The van der Waals surface area contributed by atoms with Crippen LogP contribution < -0.4 is 10.2 Å². The Morgan fingerprint density at radius 1 is 1.28 bits per heavy atom. The second-order valence-electron chi connectivity index (χ2n) is 5.98. The van der Waals surface area contributed by atoms with Crippen LogP contribution in [0.3, 0.4) is 0 Å². The van der Waals surface area contributed by atoms with Gasteiger partial charge in [0.05, 0.1) is 6.42 Å². The average molecular weight is 364 g/mol. The number of aromatic nitrogens is 2. The normalized spacial score (nSPS) is 15.2. The van der Waals surface area contributed by atoms with Gasteiger partial charge >= 0.3 is 0 Å². The molecule has 1 aliphatic rings. The van der Waals surface area contributed by atoms with E-state index in [1.54, 1.807) is 12.1 Å². The Kier molecular flexibility index (Phi) is 5.45. The number of piperazine rings is 1. The fourth-order valence-electron chi connectivity index (χ4n) is 2.67. The molecular weight excluding hydrogens is 345 g/mol. The van der Waals surface area contributed by atoms with E-state index >= 15 is 0 Å². The van der Waals surface area contributed by atoms with Crippen molar-refractivity contribution in [3.05, 3.63) is 47.0 Å². The van der Waals surface area contributed by atoms with Gasteiger partial charge in [-0.1, -0.05) is 17.7 Å². The number of nitrogens with one attached hydrogen (secondary N) is 1. The molecular formula is C17H19ClFN5O. The smallest absolute Gasteiger partial charge is 0.230 e. The number of carbonyl (C=O) groups excluding carboxylic acids is 1. The summed E-state index contributed by atoms with van der Waals surface area (Å²) in [5, 5.41) is 2.91. The van der Waals surface area contributed by atoms with Crippen molar-refractivity contribution in [1.82, 2.24) is 14.9 Å². The summed E-state index contributed by atoms with van der Waals surface area (Å²) in [4.78, 5) is 24.9. The van der Waals surface area contributed by atoms with Gasteiger partial charge in [-0.3, -0.25) is 4.79 Å². The van der Waals surface area contributed by atoms with Crippen LogP contribution in [0.15, 0.2) is 30.6 Å². The lowest BCUT2D eigenvalue weighted by Crippen LogP contribution is -2.44. The van der Waals surface area contributed by atoms with E-state index in [4.69, 9.17) is 11.6 Å². The van der Waals surface area contributed by atoms with Crippen LogP contribution in [0.25, 0.3) is 0 Å². The molecule has 0 bridgehead atoms. The Hall–Kier alpha value is -2.25. The maximum atomic E-state index is 13.8. The highest BCUT2D eigenvalue weighted by Gasteiger charge is 2.17. The van der Waals surface area contributed by atoms with E-state index in [0.29, 0.717) is 5.82 Å². The van der Waals surface area contributed by atoms with Crippen molar-refractivity contribution in [1.29, 1.82) is 0 Å². The van der Waals surface area contributed by atoms with Crippen molar-refractivity contribution in [2.45, 2.75) is 6.42 Å². The van der Waals surface area contributed by atoms with E-state index in [0.717, 1.165) is 32.0 Å². The fraction of sp³-hybridized carbons (Fsp3) is 0.353. The monoisotopic (exact) mass is 363 g/mol. The molecule has 0 unspecified atom stereocenters. The van der Waals surface area contributed by atoms with Crippen molar-refractivity contribution in [2.75, 3.05) is 43.4 Å². The lowest BCUT2D eigenvalue weighted by molar-refractivity contribution is -0.115. The van der Waals surface area contributed by atoms with Gasteiger partial charge in [-0.15, -0.1) is 0 Å². The Bertz CT molecular complexity index is 744. The molecule has 0 spiro atoms. The third-order valence-electron chi connectivity index (χ3n) is 4.15. The highest BCUT2D eigenvalue weighted by Crippen LogP contribution is 2.20. The summed E-state index contributed by atoms with van der Waals surface area (Å²) in [7, 11) is 2.08. The molecule has 3 rings (SSSR count). The van der Waals surface area contributed by atoms with E-state index in [2.05, 4.69) is 32.1 Å². The number of rotatable bonds is 4. The van der Waals surface area contributed by atoms with Gasteiger partial charge in [0.25, 0.3) is 0 Å². The molecule has 1 aromatic carbocycles. The van der Waals surface area contributed by atoms with Crippen LogP contribution in [0.5, 0.6) is 0 Å². The molecule has 0 atom stereocenters. The van der Waals surface area contributed by atoms with Gasteiger partial charge in [0.15, 0.2) is 0 Å². The number of hydrogen-bond donors (Lipinski definition) is 1. The number of benzene rings is 1. The zero-order valence-electron chi connectivity index (χ0n) is 13.9. The second kappa shape index (κ2) is 7.76. The number of halogens is 2. The van der Waals surface area contributed by atoms with Gasteiger partial charge in [0.1, 0.15) is 23.8 Å². The molecule has 6 nitrogen and oxygen atoms in total. The number of hydrogen-bond acceptors (Lipinski definition) is 5. The number of anilines is 2. The predicted octanol–water partition coefficient (Wildman–Crippen LogP) is 2.20. The van der Waals surface area contributed by atoms with Crippen LogP contribution in [-0.2, 0) is 11.2 Å². The maximum Gasteiger partial charge on any atom is 0.230 e. The second-order valence-corrected chi connectivity index (χ2v) is 6.38. The molecule has 2 aromatic rings. The molecule has 0 aliphatic carbocycles. The van der Waals surface area contributed by atoms with Gasteiger partial charge in [0.2, 0.25) is 5.91 Å². The van der Waals surface area contributed by atoms with Crippen molar-refractivity contribution >= 4 is 29.1 Å². The molecule has 0 radical (unpaired) electrons. The van der Waals surface area contributed by atoms with E-state index in [1.165, 1.54) is 18.5 Å². The molecule has 0 saturated carbocycles. The van der Waals surface area contributed by atoms with Crippen molar-refractivity contribution in [2.24, 2.45) is 0 Å². The summed E-state index contributed by atoms with van der Waals surface area (Å²) in [6, 6.07) is 6.08. The predicted molar refractivity (Wildman–Crippen MR) is 95.5 cm³/mol. The first-order chi connectivity index (χ1) is 12.0. The summed E-state index contributed by atoms with van der Waals surface area (Å²) in [5.74, 6) is 0.280. The third-order valence-corrected chi connectivity index (χ3v) is 4.50. The summed E-state index contributed by atoms with van der Waals surface area (Å²) < 4.78 is 13.8. The molecule has 25 heavy (non-hydrogen) atoms. The molecule has 1 amide bonds. The summed E-state index contributed by atoms with van der Waals surface area (Å²) >= 11 is 5.96. The maximum absolute atomic E-state index is 13.8. The minimum absolute atomic E-state index is 0.153. The Morgan fingerprint density at radius 3 is 2.76 bits per heavy atom. The van der Waals surface area contributed by atoms with Crippen LogP contribution >= 0.6 is 11.6 Å². The fourth-order valence-corrected chi connectivity index (χ4v) is 2.90. The third kappa shape index (κ3) is 4.43. The SMILES string of the molecule is CN1CCN(c2cc(NC(=O)Cc3c(F)cccc3Cl)ncn2)CC1. The van der Waals surface area contributed by atoms with Crippen LogP contribution in [0.1, 0.15) is 5.56 Å². The van der Waals surface area contributed by atoms with E-state index in [-0.39, 0.29) is 22.9 Å². The molecule has 132 valence electrons. The highest BCUT2D eigenvalue weighted by atomic mass is 35.5. The van der Waals surface area contributed by atoms with Gasteiger partial charge < -0.3 is 15.1 Å². The summed E-state index contributed by atoms with van der Waals surface area (Å²) in [6.07, 6.45) is 1.26. The minimum atomic E-state index is -0.497. The topological polar surface area (TPSA) is 61.4 Å². The Balaban J connectivity index is 1.66. The minimum Gasteiger partial charge on any atom is -0.354 e. The average Bonchev–Trinajstić information content (AvgIpc) is 2.59. The molecule has 1 aliphatic heterocycles. The Morgan fingerprint density at radius 2 is 2.04 bits per heavy atom. The zero-order valence-corrected chi connectivity index (χ0v) is 14.6. The number of likely N-dealkylation sites (N-methyl/N-ethyl adjacent to an activating group) is 1. The summed E-state index contributed by atoms with van der Waals surface area (Å²) in [6.45, 7) is 3.65. The molecule has 1 aromatic heterocycles. The first kappa shape index (κ1) is 17.6. The lowest BCUT2D eigenvalue weighted by Gasteiger charge is -2.33. The van der Waals surface area contributed by atoms with E-state index in [9.17, 15) is 9.18 Å². The molecule has 1 saturated heterocycles. The standard InChI is InChI=1S/C17H19ClFN5O/c1-23-5-7-24(8-6-23)16-10-15(20-11-21-16)22-17(25)9-12-13(18)3-2-4-14(12)19/h2-4,10-11H,5-9H2,1H3,(H,20,21,22,25). The first-order valence-corrected chi connectivity index (χ1v) is 8.39. The van der Waals surface area contributed by atoms with Gasteiger partial charge in [0, 0.05) is 42.8 Å². The van der Waals surface area contributed by atoms with Crippen molar-refractivity contribution < 1.29 is 9.18 Å². The molecule has 8 heteroatoms. The highest BCUT2D eigenvalue weighted by molar-refractivity contribution is 6.31.